The Balaban J connectivity index is 2.06. The molecule has 2 rings (SSSR count). The quantitative estimate of drug-likeness (QED) is 0.425. The van der Waals surface area contributed by atoms with Crippen molar-refractivity contribution in [1.82, 2.24) is 0 Å². The number of hydrogen-bond donors (Lipinski definition) is 0. The van der Waals surface area contributed by atoms with E-state index in [0.717, 1.165) is 25.7 Å². The third-order valence-electron chi connectivity index (χ3n) is 3.90. The summed E-state index contributed by atoms with van der Waals surface area (Å²) >= 11 is 0. The zero-order valence-electron chi connectivity index (χ0n) is 12.0. The minimum Gasteiger partial charge on any atom is -0.424 e. The number of cyclic esters (lactones) is 2. The fourth-order valence-electron chi connectivity index (χ4n) is 2.74. The van der Waals surface area contributed by atoms with Crippen molar-refractivity contribution in [3.05, 3.63) is 24.3 Å². The van der Waals surface area contributed by atoms with Gasteiger partial charge in [0, 0.05) is 0 Å². The highest BCUT2D eigenvalue weighted by molar-refractivity contribution is 5.92. The van der Waals surface area contributed by atoms with Gasteiger partial charge in [0.2, 0.25) is 0 Å². The Hall–Kier alpha value is -1.58. The van der Waals surface area contributed by atoms with Crippen LogP contribution in [0.25, 0.3) is 0 Å². The lowest BCUT2D eigenvalue weighted by Gasteiger charge is -2.39. The number of esters is 2. The van der Waals surface area contributed by atoms with E-state index in [4.69, 9.17) is 9.47 Å². The SMILES string of the molecule is CCCCCCC1(C2OC(=O)CC(=O)O2)C=CC=CC1. The Labute approximate surface area is 119 Å². The maximum absolute atomic E-state index is 11.5. The van der Waals surface area contributed by atoms with Crippen LogP contribution >= 0.6 is 0 Å². The number of carbonyl (C=O) groups excluding carboxylic acids is 2. The molecule has 0 bridgehead atoms. The van der Waals surface area contributed by atoms with Crippen LogP contribution in [0.4, 0.5) is 0 Å². The normalized spacial score (nSPS) is 26.4. The smallest absolute Gasteiger partial charge is 0.320 e. The lowest BCUT2D eigenvalue weighted by molar-refractivity contribution is -0.222. The first kappa shape index (κ1) is 14.8. The van der Waals surface area contributed by atoms with E-state index in [1.165, 1.54) is 12.8 Å². The minimum atomic E-state index is -0.779. The van der Waals surface area contributed by atoms with Gasteiger partial charge in [-0.3, -0.25) is 9.59 Å². The number of carbonyl (C=O) groups is 2. The molecule has 4 heteroatoms. The molecule has 0 amide bonds. The lowest BCUT2D eigenvalue weighted by atomic mass is 9.76. The number of rotatable bonds is 6. The molecule has 1 unspecified atom stereocenters. The summed E-state index contributed by atoms with van der Waals surface area (Å²) in [5.41, 5.74) is -0.395. The Bertz CT molecular complexity index is 408. The standard InChI is InChI=1S/C16H22O4/c1-2-3-4-6-9-16(10-7-5-8-11-16)15-19-13(17)12-14(18)20-15/h5,7-8,10,15H,2-4,6,9,11-12H2,1H3. The van der Waals surface area contributed by atoms with Gasteiger partial charge >= 0.3 is 11.9 Å². The van der Waals surface area contributed by atoms with Gasteiger partial charge in [-0.1, -0.05) is 56.9 Å². The predicted molar refractivity (Wildman–Crippen MR) is 74.7 cm³/mol. The number of unbranched alkanes of at least 4 members (excludes halogenated alkanes) is 3. The van der Waals surface area contributed by atoms with E-state index >= 15 is 0 Å². The average Bonchev–Trinajstić information content (AvgIpc) is 2.44. The van der Waals surface area contributed by atoms with Crippen LogP contribution in [0, 0.1) is 5.41 Å². The van der Waals surface area contributed by atoms with Gasteiger partial charge in [0.15, 0.2) is 0 Å². The predicted octanol–water partition coefficient (Wildman–Crippen LogP) is 3.28. The van der Waals surface area contributed by atoms with Crippen molar-refractivity contribution in [2.24, 2.45) is 5.41 Å². The van der Waals surface area contributed by atoms with Gasteiger partial charge in [-0.2, -0.15) is 0 Å². The fraction of sp³-hybridized carbons (Fsp3) is 0.625. The van der Waals surface area contributed by atoms with E-state index in [0.29, 0.717) is 0 Å². The van der Waals surface area contributed by atoms with Gasteiger partial charge in [0.05, 0.1) is 5.41 Å². The van der Waals surface area contributed by atoms with E-state index < -0.39 is 23.6 Å². The molecule has 0 aromatic rings. The lowest BCUT2D eigenvalue weighted by Crippen LogP contribution is -2.44. The van der Waals surface area contributed by atoms with E-state index in [2.05, 4.69) is 6.92 Å². The molecule has 1 fully saturated rings. The zero-order valence-corrected chi connectivity index (χ0v) is 12.0. The summed E-state index contributed by atoms with van der Waals surface area (Å²) < 4.78 is 10.6. The van der Waals surface area contributed by atoms with E-state index in [1.807, 2.05) is 24.3 Å². The molecule has 2 aliphatic rings. The summed E-state index contributed by atoms with van der Waals surface area (Å²) in [5, 5.41) is 0. The van der Waals surface area contributed by atoms with E-state index in [9.17, 15) is 9.59 Å². The molecule has 0 saturated carbocycles. The molecule has 1 saturated heterocycles. The molecule has 1 aliphatic carbocycles. The molecule has 0 radical (unpaired) electrons. The van der Waals surface area contributed by atoms with Crippen molar-refractivity contribution in [3.8, 4) is 0 Å². The highest BCUT2D eigenvalue weighted by Crippen LogP contribution is 2.40. The molecule has 1 aliphatic heterocycles. The van der Waals surface area contributed by atoms with Crippen LogP contribution in [0.15, 0.2) is 24.3 Å². The molecule has 1 heterocycles. The third-order valence-corrected chi connectivity index (χ3v) is 3.90. The molecule has 0 aromatic carbocycles. The Kier molecular flexibility index (Phi) is 4.99. The topological polar surface area (TPSA) is 52.6 Å². The first-order chi connectivity index (χ1) is 9.66. The largest absolute Gasteiger partial charge is 0.424 e. The number of ether oxygens (including phenoxy) is 2. The zero-order chi connectivity index (χ0) is 14.4. The van der Waals surface area contributed by atoms with Gasteiger partial charge in [-0.25, -0.2) is 0 Å². The van der Waals surface area contributed by atoms with Gasteiger partial charge in [-0.15, -0.1) is 0 Å². The molecule has 1 atom stereocenters. The molecular weight excluding hydrogens is 256 g/mol. The second kappa shape index (κ2) is 6.73. The summed E-state index contributed by atoms with van der Waals surface area (Å²) in [6, 6.07) is 0. The highest BCUT2D eigenvalue weighted by Gasteiger charge is 2.44. The van der Waals surface area contributed by atoms with Gasteiger partial charge < -0.3 is 9.47 Å². The Morgan fingerprint density at radius 3 is 2.50 bits per heavy atom. The summed E-state index contributed by atoms with van der Waals surface area (Å²) in [5.74, 6) is -0.968. The average molecular weight is 278 g/mol. The van der Waals surface area contributed by atoms with Crippen molar-refractivity contribution in [2.75, 3.05) is 0 Å². The fourth-order valence-corrected chi connectivity index (χ4v) is 2.74. The van der Waals surface area contributed by atoms with Crippen LogP contribution < -0.4 is 0 Å². The van der Waals surface area contributed by atoms with Crippen LogP contribution in [0.2, 0.25) is 0 Å². The van der Waals surface area contributed by atoms with Crippen LogP contribution in [-0.2, 0) is 19.1 Å². The number of hydrogen-bond acceptors (Lipinski definition) is 4. The summed E-state index contributed by atoms with van der Waals surface area (Å²) in [6.45, 7) is 2.17. The monoisotopic (exact) mass is 278 g/mol. The van der Waals surface area contributed by atoms with Crippen molar-refractivity contribution in [2.45, 2.75) is 58.2 Å². The highest BCUT2D eigenvalue weighted by atomic mass is 16.7. The molecule has 20 heavy (non-hydrogen) atoms. The summed E-state index contributed by atoms with van der Waals surface area (Å²) in [6.07, 6.45) is 13.1. The summed E-state index contributed by atoms with van der Waals surface area (Å²) in [4.78, 5) is 23.0. The second-order valence-corrected chi connectivity index (χ2v) is 5.52. The van der Waals surface area contributed by atoms with Crippen LogP contribution in [-0.4, -0.2) is 18.2 Å². The Morgan fingerprint density at radius 2 is 1.90 bits per heavy atom. The maximum Gasteiger partial charge on any atom is 0.320 e. The third kappa shape index (κ3) is 3.50. The van der Waals surface area contributed by atoms with Crippen molar-refractivity contribution in [3.63, 3.8) is 0 Å². The van der Waals surface area contributed by atoms with Gasteiger partial charge in [0.1, 0.15) is 6.42 Å². The van der Waals surface area contributed by atoms with Crippen LogP contribution in [0.1, 0.15) is 51.9 Å². The first-order valence-corrected chi connectivity index (χ1v) is 7.39. The van der Waals surface area contributed by atoms with Crippen molar-refractivity contribution in [1.29, 1.82) is 0 Å². The molecule has 0 N–H and O–H groups in total. The summed E-state index contributed by atoms with van der Waals surface area (Å²) in [7, 11) is 0. The molecule has 0 aromatic heterocycles. The van der Waals surface area contributed by atoms with Crippen LogP contribution in [0.3, 0.4) is 0 Å². The number of allylic oxidation sites excluding steroid dienone is 3. The van der Waals surface area contributed by atoms with Crippen molar-refractivity contribution >= 4 is 11.9 Å². The molecular formula is C16H22O4. The Morgan fingerprint density at radius 1 is 1.15 bits per heavy atom. The van der Waals surface area contributed by atoms with Crippen LogP contribution in [0.5, 0.6) is 0 Å². The molecule has 4 nitrogen and oxygen atoms in total. The van der Waals surface area contributed by atoms with E-state index in [1.54, 1.807) is 0 Å². The van der Waals surface area contributed by atoms with E-state index in [-0.39, 0.29) is 6.42 Å². The second-order valence-electron chi connectivity index (χ2n) is 5.52. The molecule has 0 spiro atoms. The minimum absolute atomic E-state index is 0.276. The van der Waals surface area contributed by atoms with Gasteiger partial charge in [0.25, 0.3) is 6.29 Å². The maximum atomic E-state index is 11.5. The first-order valence-electron chi connectivity index (χ1n) is 7.39. The van der Waals surface area contributed by atoms with Crippen molar-refractivity contribution < 1.29 is 19.1 Å². The molecule has 110 valence electrons. The van der Waals surface area contributed by atoms with Gasteiger partial charge in [-0.05, 0) is 12.8 Å².